The van der Waals surface area contributed by atoms with Crippen molar-refractivity contribution in [2.45, 2.75) is 6.04 Å². The van der Waals surface area contributed by atoms with Gasteiger partial charge in [-0.15, -0.1) is 0 Å². The topological polar surface area (TPSA) is 35.2 Å². The van der Waals surface area contributed by atoms with Crippen LogP contribution in [0.2, 0.25) is 10.0 Å². The van der Waals surface area contributed by atoms with Crippen molar-refractivity contribution < 1.29 is 4.74 Å². The number of methoxy groups -OCH3 is 1. The first-order chi connectivity index (χ1) is 8.63. The molecule has 1 unspecified atom stereocenters. The Balaban J connectivity index is 2.38. The Bertz CT molecular complexity index is 520. The Kier molecular flexibility index (Phi) is 4.12. The number of rotatable bonds is 3. The van der Waals surface area contributed by atoms with Gasteiger partial charge in [0.1, 0.15) is 5.75 Å². The molecule has 94 valence electrons. The lowest BCUT2D eigenvalue weighted by Crippen LogP contribution is -2.12. The normalized spacial score (nSPS) is 12.2. The average molecular weight is 282 g/mol. The monoisotopic (exact) mass is 281 g/mol. The van der Waals surface area contributed by atoms with Crippen LogP contribution < -0.4 is 10.5 Å². The van der Waals surface area contributed by atoms with Gasteiger partial charge in [0.15, 0.2) is 0 Å². The van der Waals surface area contributed by atoms with Crippen molar-refractivity contribution >= 4 is 23.2 Å². The lowest BCUT2D eigenvalue weighted by Gasteiger charge is -2.16. The van der Waals surface area contributed by atoms with E-state index >= 15 is 0 Å². The summed E-state index contributed by atoms with van der Waals surface area (Å²) < 4.78 is 5.11. The van der Waals surface area contributed by atoms with Crippen LogP contribution in [0, 0.1) is 0 Å². The fourth-order valence-electron chi connectivity index (χ4n) is 1.79. The Morgan fingerprint density at radius 1 is 1.00 bits per heavy atom. The van der Waals surface area contributed by atoms with Crippen LogP contribution in [0.15, 0.2) is 42.5 Å². The second-order valence-corrected chi connectivity index (χ2v) is 4.70. The van der Waals surface area contributed by atoms with Crippen LogP contribution in [0.5, 0.6) is 5.75 Å². The number of halogens is 2. The Morgan fingerprint density at radius 3 is 2.06 bits per heavy atom. The average Bonchev–Trinajstić information content (AvgIpc) is 2.38. The van der Waals surface area contributed by atoms with Crippen LogP contribution in [-0.4, -0.2) is 7.11 Å². The highest BCUT2D eigenvalue weighted by molar-refractivity contribution is 6.36. The molecule has 0 spiro atoms. The first-order valence-electron chi connectivity index (χ1n) is 5.47. The summed E-state index contributed by atoms with van der Waals surface area (Å²) in [6.45, 7) is 0. The van der Waals surface area contributed by atoms with Crippen molar-refractivity contribution in [2.75, 3.05) is 7.11 Å². The molecular formula is C14H13Cl2NO. The molecule has 2 N–H and O–H groups in total. The molecule has 0 aliphatic rings. The highest BCUT2D eigenvalue weighted by atomic mass is 35.5. The Morgan fingerprint density at radius 2 is 1.56 bits per heavy atom. The van der Waals surface area contributed by atoms with E-state index in [0.717, 1.165) is 16.9 Å². The minimum absolute atomic E-state index is 0.350. The van der Waals surface area contributed by atoms with Gasteiger partial charge in [0.05, 0.1) is 13.2 Å². The van der Waals surface area contributed by atoms with E-state index in [1.54, 1.807) is 25.3 Å². The van der Waals surface area contributed by atoms with Gasteiger partial charge in [-0.2, -0.15) is 0 Å². The summed E-state index contributed by atoms with van der Waals surface area (Å²) in [5.74, 6) is 0.788. The molecule has 2 nitrogen and oxygen atoms in total. The highest BCUT2D eigenvalue weighted by Crippen LogP contribution is 2.32. The number of nitrogens with two attached hydrogens (primary N) is 1. The summed E-state index contributed by atoms with van der Waals surface area (Å²) in [6, 6.07) is 12.6. The Hall–Kier alpha value is -1.22. The molecule has 0 aromatic heterocycles. The molecule has 0 bridgehead atoms. The SMILES string of the molecule is COc1ccc(C(N)c2c(Cl)cccc2Cl)cc1. The molecule has 2 aromatic rings. The van der Waals surface area contributed by atoms with Gasteiger partial charge >= 0.3 is 0 Å². The molecule has 4 heteroatoms. The molecule has 0 amide bonds. The van der Waals surface area contributed by atoms with Crippen LogP contribution in [-0.2, 0) is 0 Å². The van der Waals surface area contributed by atoms with E-state index in [1.165, 1.54) is 0 Å². The molecule has 2 rings (SSSR count). The van der Waals surface area contributed by atoms with E-state index < -0.39 is 0 Å². The van der Waals surface area contributed by atoms with Gasteiger partial charge in [-0.05, 0) is 29.8 Å². The molecular weight excluding hydrogens is 269 g/mol. The van der Waals surface area contributed by atoms with Crippen molar-refractivity contribution in [3.05, 3.63) is 63.6 Å². The number of ether oxygens (including phenoxy) is 1. The van der Waals surface area contributed by atoms with Gasteiger partial charge in [0, 0.05) is 15.6 Å². The van der Waals surface area contributed by atoms with Crippen molar-refractivity contribution in [1.29, 1.82) is 0 Å². The number of benzene rings is 2. The van der Waals surface area contributed by atoms with Gasteiger partial charge in [-0.25, -0.2) is 0 Å². The molecule has 1 atom stereocenters. The van der Waals surface area contributed by atoms with Crippen molar-refractivity contribution in [1.82, 2.24) is 0 Å². The van der Waals surface area contributed by atoms with E-state index in [2.05, 4.69) is 0 Å². The minimum Gasteiger partial charge on any atom is -0.497 e. The summed E-state index contributed by atoms with van der Waals surface area (Å²) >= 11 is 12.3. The molecule has 2 aromatic carbocycles. The molecule has 0 radical (unpaired) electrons. The molecule has 0 aliphatic heterocycles. The van der Waals surface area contributed by atoms with E-state index in [9.17, 15) is 0 Å². The third-order valence-electron chi connectivity index (χ3n) is 2.79. The molecule has 0 saturated carbocycles. The smallest absolute Gasteiger partial charge is 0.118 e. The van der Waals surface area contributed by atoms with Crippen LogP contribution in [0.4, 0.5) is 0 Å². The zero-order valence-corrected chi connectivity index (χ0v) is 11.4. The van der Waals surface area contributed by atoms with E-state index in [1.807, 2.05) is 24.3 Å². The molecule has 18 heavy (non-hydrogen) atoms. The van der Waals surface area contributed by atoms with Crippen LogP contribution >= 0.6 is 23.2 Å². The lowest BCUT2D eigenvalue weighted by molar-refractivity contribution is 0.414. The second-order valence-electron chi connectivity index (χ2n) is 3.89. The first-order valence-corrected chi connectivity index (χ1v) is 6.22. The molecule has 0 heterocycles. The predicted octanol–water partition coefficient (Wildman–Crippen LogP) is 4.05. The number of hydrogen-bond donors (Lipinski definition) is 1. The summed E-state index contributed by atoms with van der Waals surface area (Å²) in [4.78, 5) is 0. The Labute approximate surface area is 116 Å². The number of hydrogen-bond acceptors (Lipinski definition) is 2. The van der Waals surface area contributed by atoms with Gasteiger partial charge in [-0.1, -0.05) is 41.4 Å². The zero-order chi connectivity index (χ0) is 13.1. The summed E-state index contributed by atoms with van der Waals surface area (Å²) in [5, 5.41) is 1.15. The predicted molar refractivity (Wildman–Crippen MR) is 75.5 cm³/mol. The zero-order valence-electron chi connectivity index (χ0n) is 9.86. The van der Waals surface area contributed by atoms with Crippen molar-refractivity contribution in [3.63, 3.8) is 0 Å². The van der Waals surface area contributed by atoms with E-state index in [-0.39, 0.29) is 6.04 Å². The maximum absolute atomic E-state index is 6.20. The van der Waals surface area contributed by atoms with Crippen LogP contribution in [0.3, 0.4) is 0 Å². The summed E-state index contributed by atoms with van der Waals surface area (Å²) in [6.07, 6.45) is 0. The third kappa shape index (κ3) is 2.61. The summed E-state index contributed by atoms with van der Waals surface area (Å²) in [5.41, 5.74) is 7.88. The van der Waals surface area contributed by atoms with Crippen LogP contribution in [0.1, 0.15) is 17.2 Å². The standard InChI is InChI=1S/C14H13Cl2NO/c1-18-10-7-5-9(6-8-10)14(17)13-11(15)3-2-4-12(13)16/h2-8,14H,17H2,1H3. The lowest BCUT2D eigenvalue weighted by atomic mass is 9.99. The summed E-state index contributed by atoms with van der Waals surface area (Å²) in [7, 11) is 1.62. The quantitative estimate of drug-likeness (QED) is 0.921. The molecule has 0 saturated heterocycles. The molecule has 0 fully saturated rings. The fourth-order valence-corrected chi connectivity index (χ4v) is 2.42. The van der Waals surface area contributed by atoms with Crippen molar-refractivity contribution in [2.24, 2.45) is 5.73 Å². The highest BCUT2D eigenvalue weighted by Gasteiger charge is 2.15. The minimum atomic E-state index is -0.350. The van der Waals surface area contributed by atoms with E-state index in [4.69, 9.17) is 33.7 Å². The van der Waals surface area contributed by atoms with Crippen molar-refractivity contribution in [3.8, 4) is 5.75 Å². The third-order valence-corrected chi connectivity index (χ3v) is 3.44. The maximum Gasteiger partial charge on any atom is 0.118 e. The van der Waals surface area contributed by atoms with Gasteiger partial charge in [0.2, 0.25) is 0 Å². The van der Waals surface area contributed by atoms with Crippen LogP contribution in [0.25, 0.3) is 0 Å². The fraction of sp³-hybridized carbons (Fsp3) is 0.143. The largest absolute Gasteiger partial charge is 0.497 e. The molecule has 0 aliphatic carbocycles. The van der Waals surface area contributed by atoms with Gasteiger partial charge < -0.3 is 10.5 Å². The first kappa shape index (κ1) is 13.2. The van der Waals surface area contributed by atoms with E-state index in [0.29, 0.717) is 10.0 Å². The van der Waals surface area contributed by atoms with Gasteiger partial charge in [0.25, 0.3) is 0 Å². The maximum atomic E-state index is 6.20. The second kappa shape index (κ2) is 5.61. The van der Waals surface area contributed by atoms with Gasteiger partial charge in [-0.3, -0.25) is 0 Å².